The molecule has 0 fully saturated rings. The number of unbranched alkanes of at least 4 members (excludes halogenated alkanes) is 4. The fourth-order valence-electron chi connectivity index (χ4n) is 2.45. The summed E-state index contributed by atoms with van der Waals surface area (Å²) in [5, 5.41) is 5.66. The molecule has 0 aliphatic rings. The average Bonchev–Trinajstić information content (AvgIpc) is 2.78. The number of hydrogen-bond donors (Lipinski definition) is 2. The minimum atomic E-state index is 0.666. The first-order valence-electron chi connectivity index (χ1n) is 10.6. The normalized spacial score (nSPS) is 9.60. The highest BCUT2D eigenvalue weighted by atomic mass is 16.1. The lowest BCUT2D eigenvalue weighted by Gasteiger charge is -2.06. The fraction of sp³-hybridized carbons (Fsp3) is 0.400. The van der Waals surface area contributed by atoms with Gasteiger partial charge in [-0.05, 0) is 43.5 Å². The number of rotatable bonds is 10. The number of carbonyl (C=O) groups is 2. The third-order valence-electron chi connectivity index (χ3n) is 4.09. The zero-order valence-corrected chi connectivity index (χ0v) is 18.9. The van der Waals surface area contributed by atoms with E-state index in [0.717, 1.165) is 48.2 Å². The number of amides is 1. The van der Waals surface area contributed by atoms with Gasteiger partial charge in [-0.25, -0.2) is 0 Å². The van der Waals surface area contributed by atoms with E-state index in [9.17, 15) is 9.59 Å². The average molecular weight is 412 g/mol. The molecule has 30 heavy (non-hydrogen) atoms. The molecule has 164 valence electrons. The third-order valence-corrected chi connectivity index (χ3v) is 4.09. The van der Waals surface area contributed by atoms with Crippen LogP contribution in [-0.4, -0.2) is 26.0 Å². The van der Waals surface area contributed by atoms with E-state index in [1.807, 2.05) is 75.6 Å². The van der Waals surface area contributed by atoms with Crippen LogP contribution in [0.25, 0.3) is 0 Å². The van der Waals surface area contributed by atoms with Crippen LogP contribution in [0, 0.1) is 6.92 Å². The molecular formula is C25H37N3O2. The molecule has 0 aliphatic carbocycles. The second kappa shape index (κ2) is 19.4. The summed E-state index contributed by atoms with van der Waals surface area (Å²) in [6.07, 6.45) is 9.95. The van der Waals surface area contributed by atoms with Crippen molar-refractivity contribution in [1.29, 1.82) is 0 Å². The highest BCUT2D eigenvalue weighted by Gasteiger charge is 2.01. The number of aldehydes is 1. The van der Waals surface area contributed by atoms with Gasteiger partial charge in [-0.15, -0.1) is 0 Å². The van der Waals surface area contributed by atoms with Crippen LogP contribution in [0.15, 0.2) is 53.5 Å². The molecule has 1 amide bonds. The van der Waals surface area contributed by atoms with Gasteiger partial charge in [0, 0.05) is 25.4 Å². The van der Waals surface area contributed by atoms with Crippen molar-refractivity contribution in [2.45, 2.75) is 59.3 Å². The molecule has 5 nitrogen and oxygen atoms in total. The predicted molar refractivity (Wildman–Crippen MR) is 130 cm³/mol. The summed E-state index contributed by atoms with van der Waals surface area (Å²) in [4.78, 5) is 24.4. The van der Waals surface area contributed by atoms with Crippen LogP contribution in [0.4, 0.5) is 17.1 Å². The topological polar surface area (TPSA) is 70.6 Å². The summed E-state index contributed by atoms with van der Waals surface area (Å²) >= 11 is 0. The summed E-state index contributed by atoms with van der Waals surface area (Å²) in [6, 6.07) is 15.8. The summed E-state index contributed by atoms with van der Waals surface area (Å²) in [7, 11) is 1.91. The molecule has 0 spiro atoms. The number of nitrogens with one attached hydrogen (secondary N) is 2. The molecule has 5 heteroatoms. The first-order chi connectivity index (χ1) is 14.6. The van der Waals surface area contributed by atoms with Crippen molar-refractivity contribution in [3.05, 3.63) is 54.1 Å². The van der Waals surface area contributed by atoms with E-state index < -0.39 is 0 Å². The monoisotopic (exact) mass is 411 g/mol. The van der Waals surface area contributed by atoms with Crippen molar-refractivity contribution in [3.8, 4) is 0 Å². The number of hydrogen-bond acceptors (Lipinski definition) is 4. The molecule has 0 heterocycles. The number of carbonyl (C=O) groups excluding carboxylic acids is 2. The van der Waals surface area contributed by atoms with Crippen LogP contribution in [0.1, 0.15) is 57.9 Å². The lowest BCUT2D eigenvalue weighted by atomic mass is 10.1. The summed E-state index contributed by atoms with van der Waals surface area (Å²) < 4.78 is 0. The van der Waals surface area contributed by atoms with Crippen LogP contribution >= 0.6 is 0 Å². The van der Waals surface area contributed by atoms with Gasteiger partial charge in [0.25, 0.3) is 0 Å². The van der Waals surface area contributed by atoms with E-state index in [4.69, 9.17) is 0 Å². The first kappa shape index (κ1) is 27.0. The van der Waals surface area contributed by atoms with Crippen molar-refractivity contribution >= 4 is 36.0 Å². The van der Waals surface area contributed by atoms with Gasteiger partial charge in [0.05, 0.1) is 11.4 Å². The molecular weight excluding hydrogens is 374 g/mol. The van der Waals surface area contributed by atoms with Crippen molar-refractivity contribution in [1.82, 2.24) is 0 Å². The van der Waals surface area contributed by atoms with E-state index in [2.05, 4.69) is 22.5 Å². The van der Waals surface area contributed by atoms with E-state index in [1.165, 1.54) is 19.3 Å². The molecule has 0 saturated heterocycles. The SMILES string of the molecule is CCC=Nc1c(C)cccc1NC=O.CCCCCCC=O.CNc1ccccc1. The zero-order valence-electron chi connectivity index (χ0n) is 18.9. The molecule has 0 saturated carbocycles. The quantitative estimate of drug-likeness (QED) is 0.264. The van der Waals surface area contributed by atoms with Crippen molar-refractivity contribution in [3.63, 3.8) is 0 Å². The zero-order chi connectivity index (χ0) is 22.5. The van der Waals surface area contributed by atoms with Crippen molar-refractivity contribution in [2.75, 3.05) is 17.7 Å². The number of aliphatic imine (C=N–C) groups is 1. The molecule has 2 N–H and O–H groups in total. The summed E-state index contributed by atoms with van der Waals surface area (Å²) in [6.45, 7) is 6.16. The van der Waals surface area contributed by atoms with Gasteiger partial charge in [0.15, 0.2) is 0 Å². The minimum Gasteiger partial charge on any atom is -0.388 e. The molecule has 0 bridgehead atoms. The van der Waals surface area contributed by atoms with E-state index in [1.54, 1.807) is 0 Å². The number of anilines is 2. The molecule has 0 radical (unpaired) electrons. The smallest absolute Gasteiger partial charge is 0.211 e. The molecule has 0 aliphatic heterocycles. The van der Waals surface area contributed by atoms with Gasteiger partial charge >= 0.3 is 0 Å². The van der Waals surface area contributed by atoms with Gasteiger partial charge in [-0.3, -0.25) is 9.79 Å². The minimum absolute atomic E-state index is 0.666. The van der Waals surface area contributed by atoms with Gasteiger partial charge in [0.1, 0.15) is 6.29 Å². The van der Waals surface area contributed by atoms with Crippen molar-refractivity contribution < 1.29 is 9.59 Å². The lowest BCUT2D eigenvalue weighted by molar-refractivity contribution is -0.108. The number of nitrogens with zero attached hydrogens (tertiary/aromatic N) is 1. The maximum absolute atomic E-state index is 10.3. The number of para-hydroxylation sites is 2. The van der Waals surface area contributed by atoms with Crippen LogP contribution in [-0.2, 0) is 9.59 Å². The highest BCUT2D eigenvalue weighted by molar-refractivity contribution is 5.82. The van der Waals surface area contributed by atoms with Gasteiger partial charge in [0.2, 0.25) is 6.41 Å². The Morgan fingerprint density at radius 1 is 0.933 bits per heavy atom. The third kappa shape index (κ3) is 13.3. The van der Waals surface area contributed by atoms with E-state index in [0.29, 0.717) is 6.41 Å². The fourth-order valence-corrected chi connectivity index (χ4v) is 2.45. The Hall–Kier alpha value is -2.95. The Kier molecular flexibility index (Phi) is 17.5. The van der Waals surface area contributed by atoms with E-state index in [-0.39, 0.29) is 0 Å². The Morgan fingerprint density at radius 2 is 1.67 bits per heavy atom. The summed E-state index contributed by atoms with van der Waals surface area (Å²) in [5.74, 6) is 0. The number of benzene rings is 2. The number of aryl methyl sites for hydroxylation is 1. The largest absolute Gasteiger partial charge is 0.388 e. The molecule has 2 aromatic carbocycles. The lowest BCUT2D eigenvalue weighted by Crippen LogP contribution is -1.94. The second-order valence-corrected chi connectivity index (χ2v) is 6.59. The molecule has 2 aromatic rings. The summed E-state index contributed by atoms with van der Waals surface area (Å²) in [5.41, 5.74) is 3.81. The Bertz CT molecular complexity index is 716. The van der Waals surface area contributed by atoms with Crippen molar-refractivity contribution in [2.24, 2.45) is 4.99 Å². The second-order valence-electron chi connectivity index (χ2n) is 6.59. The Labute approximate surface area is 182 Å². The maximum Gasteiger partial charge on any atom is 0.211 e. The van der Waals surface area contributed by atoms with Crippen LogP contribution in [0.5, 0.6) is 0 Å². The Morgan fingerprint density at radius 3 is 2.20 bits per heavy atom. The van der Waals surface area contributed by atoms with Crippen LogP contribution in [0.2, 0.25) is 0 Å². The molecule has 0 aromatic heterocycles. The van der Waals surface area contributed by atoms with Gasteiger partial charge in [-0.1, -0.05) is 63.4 Å². The first-order valence-corrected chi connectivity index (χ1v) is 10.6. The van der Waals surface area contributed by atoms with Crippen LogP contribution < -0.4 is 10.6 Å². The van der Waals surface area contributed by atoms with E-state index >= 15 is 0 Å². The maximum atomic E-state index is 10.3. The Balaban J connectivity index is 0.000000451. The van der Waals surface area contributed by atoms with Gasteiger partial charge < -0.3 is 15.4 Å². The molecule has 0 atom stereocenters. The van der Waals surface area contributed by atoms with Gasteiger partial charge in [-0.2, -0.15) is 0 Å². The molecule has 2 rings (SSSR count). The molecule has 0 unspecified atom stereocenters. The van der Waals surface area contributed by atoms with Crippen LogP contribution in [0.3, 0.4) is 0 Å². The highest BCUT2D eigenvalue weighted by Crippen LogP contribution is 2.27. The standard InChI is InChI=1S/C11H14N2O.C7H9N.C7H14O/c1-3-7-12-11-9(2)5-4-6-10(11)13-8-14;1-8-7-5-3-2-4-6-7;1-2-3-4-5-6-7-8/h4-8H,3H2,1-2H3,(H,13,14);2-6,8H,1H3;7H,2-6H2,1H3. The predicted octanol–water partition coefficient (Wildman–Crippen LogP) is 6.56.